The van der Waals surface area contributed by atoms with E-state index in [1.807, 2.05) is 0 Å². The van der Waals surface area contributed by atoms with E-state index in [1.165, 1.54) is 134 Å². The van der Waals surface area contributed by atoms with Gasteiger partial charge in [0.2, 0.25) is 0 Å². The molecule has 1 rings (SSSR count). The summed E-state index contributed by atoms with van der Waals surface area (Å²) in [5.74, 6) is 0.980. The van der Waals surface area contributed by atoms with E-state index in [0.29, 0.717) is 0 Å². The second-order valence-corrected chi connectivity index (χ2v) is 9.78. The molecule has 186 valence electrons. The fraction of sp³-hybridized carbons (Fsp3) is 0.800. The molecule has 0 fully saturated rings. The van der Waals surface area contributed by atoms with Gasteiger partial charge in [0.15, 0.2) is 0 Å². The fourth-order valence-corrected chi connectivity index (χ4v) is 4.59. The standard InChI is InChI=1S/C30H55NO/c1-4-6-8-10-12-14-16-18-20-25-31(28-29-23-22-24-30(27-29)32-3)26-21-19-17-15-13-11-9-7-5-2/h22-24,27H,4-21,25-26,28H2,1-3H3. The van der Waals surface area contributed by atoms with Crippen molar-refractivity contribution in [1.82, 2.24) is 4.90 Å². The Kier molecular flexibility index (Phi) is 19.8. The van der Waals surface area contributed by atoms with Crippen molar-refractivity contribution in [2.75, 3.05) is 20.2 Å². The van der Waals surface area contributed by atoms with Gasteiger partial charge >= 0.3 is 0 Å². The van der Waals surface area contributed by atoms with Crippen molar-refractivity contribution in [3.63, 3.8) is 0 Å². The van der Waals surface area contributed by atoms with Gasteiger partial charge in [-0.2, -0.15) is 0 Å². The van der Waals surface area contributed by atoms with Crippen molar-refractivity contribution in [2.45, 2.75) is 136 Å². The summed E-state index contributed by atoms with van der Waals surface area (Å²) in [6.45, 7) is 8.14. The Labute approximate surface area is 201 Å². The van der Waals surface area contributed by atoms with Gasteiger partial charge in [-0.25, -0.2) is 0 Å². The van der Waals surface area contributed by atoms with E-state index in [1.54, 1.807) is 7.11 Å². The lowest BCUT2D eigenvalue weighted by Gasteiger charge is -2.23. The van der Waals surface area contributed by atoms with Crippen molar-refractivity contribution >= 4 is 0 Å². The molecule has 0 aliphatic heterocycles. The number of methoxy groups -OCH3 is 1. The monoisotopic (exact) mass is 445 g/mol. The maximum absolute atomic E-state index is 5.44. The van der Waals surface area contributed by atoms with Gasteiger partial charge in [-0.1, -0.05) is 129 Å². The maximum Gasteiger partial charge on any atom is 0.119 e. The van der Waals surface area contributed by atoms with Crippen LogP contribution >= 0.6 is 0 Å². The lowest BCUT2D eigenvalue weighted by Crippen LogP contribution is -2.25. The van der Waals surface area contributed by atoms with Crippen LogP contribution in [0.5, 0.6) is 5.75 Å². The van der Waals surface area contributed by atoms with Crippen LogP contribution in [0.4, 0.5) is 0 Å². The Bertz CT molecular complexity index is 493. The molecule has 2 heteroatoms. The summed E-state index contributed by atoms with van der Waals surface area (Å²) in [6.07, 6.45) is 25.3. The molecule has 0 saturated carbocycles. The number of hydrogen-bond donors (Lipinski definition) is 0. The third-order valence-electron chi connectivity index (χ3n) is 6.70. The minimum absolute atomic E-state index is 0.980. The quantitative estimate of drug-likeness (QED) is 0.155. The Balaban J connectivity index is 2.26. The molecular formula is C30H55NO. The number of benzene rings is 1. The first kappa shape index (κ1) is 29.0. The predicted octanol–water partition coefficient (Wildman–Crippen LogP) is 9.56. The second-order valence-electron chi connectivity index (χ2n) is 9.78. The summed E-state index contributed by atoms with van der Waals surface area (Å²) in [5, 5.41) is 0. The first-order chi connectivity index (χ1) is 15.8. The van der Waals surface area contributed by atoms with Gasteiger partial charge in [-0.15, -0.1) is 0 Å². The van der Waals surface area contributed by atoms with Crippen LogP contribution in [-0.4, -0.2) is 25.1 Å². The van der Waals surface area contributed by atoms with Gasteiger partial charge in [-0.05, 0) is 43.6 Å². The molecule has 0 amide bonds. The van der Waals surface area contributed by atoms with Crippen molar-refractivity contribution < 1.29 is 4.74 Å². The highest BCUT2D eigenvalue weighted by Gasteiger charge is 2.07. The van der Waals surface area contributed by atoms with Crippen molar-refractivity contribution in [1.29, 1.82) is 0 Å². The highest BCUT2D eigenvalue weighted by atomic mass is 16.5. The van der Waals surface area contributed by atoms with Crippen LogP contribution < -0.4 is 4.74 Å². The van der Waals surface area contributed by atoms with Crippen LogP contribution in [-0.2, 0) is 6.54 Å². The molecule has 0 heterocycles. The Hall–Kier alpha value is -1.02. The Morgan fingerprint density at radius 3 is 1.47 bits per heavy atom. The summed E-state index contributed by atoms with van der Waals surface area (Å²) < 4.78 is 5.44. The van der Waals surface area contributed by atoms with E-state index < -0.39 is 0 Å². The zero-order chi connectivity index (χ0) is 23.1. The van der Waals surface area contributed by atoms with Crippen LogP contribution in [0.3, 0.4) is 0 Å². The van der Waals surface area contributed by atoms with Gasteiger partial charge in [-0.3, -0.25) is 4.90 Å². The average molecular weight is 446 g/mol. The normalized spacial score (nSPS) is 11.4. The third kappa shape index (κ3) is 16.6. The molecule has 0 N–H and O–H groups in total. The summed E-state index contributed by atoms with van der Waals surface area (Å²) >= 11 is 0. The van der Waals surface area contributed by atoms with Crippen LogP contribution in [0.25, 0.3) is 0 Å². The number of unbranched alkanes of at least 4 members (excludes halogenated alkanes) is 16. The topological polar surface area (TPSA) is 12.5 Å². The molecule has 0 saturated heterocycles. The highest BCUT2D eigenvalue weighted by Crippen LogP contribution is 2.17. The fourth-order valence-electron chi connectivity index (χ4n) is 4.59. The summed E-state index contributed by atoms with van der Waals surface area (Å²) in [5.41, 5.74) is 1.39. The Morgan fingerprint density at radius 2 is 1.03 bits per heavy atom. The summed E-state index contributed by atoms with van der Waals surface area (Å²) in [4.78, 5) is 2.69. The predicted molar refractivity (Wildman–Crippen MR) is 143 cm³/mol. The number of ether oxygens (including phenoxy) is 1. The minimum Gasteiger partial charge on any atom is -0.497 e. The van der Waals surface area contributed by atoms with Gasteiger partial charge in [0.05, 0.1) is 7.11 Å². The molecule has 0 aliphatic carbocycles. The van der Waals surface area contributed by atoms with E-state index in [4.69, 9.17) is 4.74 Å². The van der Waals surface area contributed by atoms with Gasteiger partial charge < -0.3 is 4.74 Å². The molecule has 0 atom stereocenters. The molecule has 32 heavy (non-hydrogen) atoms. The number of nitrogens with zero attached hydrogens (tertiary/aromatic N) is 1. The van der Waals surface area contributed by atoms with E-state index >= 15 is 0 Å². The number of hydrogen-bond acceptors (Lipinski definition) is 2. The maximum atomic E-state index is 5.44. The third-order valence-corrected chi connectivity index (χ3v) is 6.70. The first-order valence-electron chi connectivity index (χ1n) is 14.2. The van der Waals surface area contributed by atoms with E-state index in [9.17, 15) is 0 Å². The second kappa shape index (κ2) is 21.8. The van der Waals surface area contributed by atoms with Crippen LogP contribution in [0.1, 0.15) is 135 Å². The molecule has 1 aromatic carbocycles. The smallest absolute Gasteiger partial charge is 0.119 e. The molecule has 0 spiro atoms. The molecular weight excluding hydrogens is 390 g/mol. The lowest BCUT2D eigenvalue weighted by atomic mass is 10.1. The number of rotatable bonds is 23. The lowest BCUT2D eigenvalue weighted by molar-refractivity contribution is 0.251. The molecule has 0 radical (unpaired) electrons. The van der Waals surface area contributed by atoms with E-state index in [2.05, 4.69) is 43.0 Å². The summed E-state index contributed by atoms with van der Waals surface area (Å²) in [7, 11) is 1.77. The van der Waals surface area contributed by atoms with Crippen molar-refractivity contribution in [3.8, 4) is 5.75 Å². The molecule has 0 aliphatic rings. The van der Waals surface area contributed by atoms with Crippen LogP contribution in [0.15, 0.2) is 24.3 Å². The molecule has 0 unspecified atom stereocenters. The zero-order valence-electron chi connectivity index (χ0n) is 22.0. The van der Waals surface area contributed by atoms with Gasteiger partial charge in [0.25, 0.3) is 0 Å². The SMILES string of the molecule is CCCCCCCCCCCN(CCCCCCCCCCC)Cc1cccc(OC)c1. The van der Waals surface area contributed by atoms with Crippen LogP contribution in [0.2, 0.25) is 0 Å². The zero-order valence-corrected chi connectivity index (χ0v) is 22.0. The molecule has 1 aromatic rings. The average Bonchev–Trinajstić information content (AvgIpc) is 2.81. The largest absolute Gasteiger partial charge is 0.497 e. The Morgan fingerprint density at radius 1 is 0.594 bits per heavy atom. The highest BCUT2D eigenvalue weighted by molar-refractivity contribution is 5.28. The first-order valence-corrected chi connectivity index (χ1v) is 14.2. The van der Waals surface area contributed by atoms with E-state index in [-0.39, 0.29) is 0 Å². The minimum atomic E-state index is 0.980. The van der Waals surface area contributed by atoms with E-state index in [0.717, 1.165) is 12.3 Å². The molecule has 0 aromatic heterocycles. The van der Waals surface area contributed by atoms with Gasteiger partial charge in [0.1, 0.15) is 5.75 Å². The van der Waals surface area contributed by atoms with Gasteiger partial charge in [0, 0.05) is 6.54 Å². The van der Waals surface area contributed by atoms with Crippen molar-refractivity contribution in [3.05, 3.63) is 29.8 Å². The molecule has 2 nitrogen and oxygen atoms in total. The summed E-state index contributed by atoms with van der Waals surface area (Å²) in [6, 6.07) is 8.64. The molecule has 0 bridgehead atoms. The van der Waals surface area contributed by atoms with Crippen molar-refractivity contribution in [2.24, 2.45) is 0 Å². The van der Waals surface area contributed by atoms with Crippen LogP contribution in [0, 0.1) is 0 Å².